The van der Waals surface area contributed by atoms with Crippen LogP contribution in [-0.2, 0) is 0 Å². The standard InChI is InChI=1S/C20H23FN6O2/c1-12(2)24-20(29)16-10-23-26-6-5-18(25-19(16)26)27-15(11-28)3-4-17(27)13-7-14(21)9-22-8-13/h5-10,12,15,17,28H,3-4,11H2,1-2H3,(H,24,29). The van der Waals surface area contributed by atoms with E-state index in [0.29, 0.717) is 17.0 Å². The number of hydrogen-bond acceptors (Lipinski definition) is 6. The third-order valence-corrected chi connectivity index (χ3v) is 5.11. The topological polar surface area (TPSA) is 95.7 Å². The molecule has 8 nitrogen and oxygen atoms in total. The number of aliphatic hydroxyl groups is 1. The Labute approximate surface area is 167 Å². The number of amides is 1. The number of nitrogens with zero attached hydrogens (tertiary/aromatic N) is 5. The summed E-state index contributed by atoms with van der Waals surface area (Å²) in [6, 6.07) is 2.92. The molecule has 0 aromatic carbocycles. The van der Waals surface area contributed by atoms with E-state index in [-0.39, 0.29) is 30.6 Å². The van der Waals surface area contributed by atoms with Gasteiger partial charge in [0.2, 0.25) is 0 Å². The predicted molar refractivity (Wildman–Crippen MR) is 105 cm³/mol. The number of nitrogens with one attached hydrogen (secondary N) is 1. The van der Waals surface area contributed by atoms with Gasteiger partial charge in [-0.3, -0.25) is 9.78 Å². The van der Waals surface area contributed by atoms with Crippen molar-refractivity contribution in [3.05, 3.63) is 53.9 Å². The quantitative estimate of drug-likeness (QED) is 0.683. The second-order valence-electron chi connectivity index (χ2n) is 7.51. The average Bonchev–Trinajstić information content (AvgIpc) is 3.31. The van der Waals surface area contributed by atoms with Crippen molar-refractivity contribution in [3.8, 4) is 0 Å². The highest BCUT2D eigenvalue weighted by Crippen LogP contribution is 2.39. The zero-order chi connectivity index (χ0) is 20.5. The fourth-order valence-electron chi connectivity index (χ4n) is 3.85. The molecule has 4 rings (SSSR count). The van der Waals surface area contributed by atoms with Gasteiger partial charge in [0.15, 0.2) is 5.65 Å². The minimum Gasteiger partial charge on any atom is -0.394 e. The number of pyridine rings is 1. The van der Waals surface area contributed by atoms with Gasteiger partial charge < -0.3 is 15.3 Å². The molecule has 9 heteroatoms. The van der Waals surface area contributed by atoms with Crippen molar-refractivity contribution in [1.29, 1.82) is 0 Å². The molecular weight excluding hydrogens is 375 g/mol. The van der Waals surface area contributed by atoms with Crippen molar-refractivity contribution in [2.75, 3.05) is 11.5 Å². The average molecular weight is 398 g/mol. The van der Waals surface area contributed by atoms with Crippen LogP contribution in [0.3, 0.4) is 0 Å². The van der Waals surface area contributed by atoms with Gasteiger partial charge in [0.1, 0.15) is 17.2 Å². The molecule has 0 aliphatic carbocycles. The van der Waals surface area contributed by atoms with Crippen molar-refractivity contribution in [1.82, 2.24) is 24.9 Å². The molecule has 0 spiro atoms. The molecule has 1 aliphatic heterocycles. The molecule has 4 heterocycles. The van der Waals surface area contributed by atoms with Gasteiger partial charge in [0.05, 0.1) is 31.1 Å². The smallest absolute Gasteiger partial charge is 0.256 e. The number of carbonyl (C=O) groups is 1. The lowest BCUT2D eigenvalue weighted by Crippen LogP contribution is -2.35. The first-order chi connectivity index (χ1) is 14.0. The highest BCUT2D eigenvalue weighted by atomic mass is 19.1. The summed E-state index contributed by atoms with van der Waals surface area (Å²) in [5.41, 5.74) is 1.54. The molecule has 3 aromatic heterocycles. The lowest BCUT2D eigenvalue weighted by Gasteiger charge is -2.30. The molecule has 1 saturated heterocycles. The predicted octanol–water partition coefficient (Wildman–Crippen LogP) is 2.10. The minimum absolute atomic E-state index is 0.0113. The molecule has 2 atom stereocenters. The van der Waals surface area contributed by atoms with Gasteiger partial charge in [-0.15, -0.1) is 0 Å². The number of hydrogen-bond donors (Lipinski definition) is 2. The van der Waals surface area contributed by atoms with Gasteiger partial charge in [-0.25, -0.2) is 13.9 Å². The van der Waals surface area contributed by atoms with Crippen molar-refractivity contribution in [2.45, 2.75) is 44.8 Å². The van der Waals surface area contributed by atoms with Gasteiger partial charge in [-0.2, -0.15) is 5.10 Å². The third-order valence-electron chi connectivity index (χ3n) is 5.11. The molecule has 152 valence electrons. The second kappa shape index (κ2) is 7.75. The Bertz CT molecular complexity index is 1040. The Balaban J connectivity index is 1.75. The van der Waals surface area contributed by atoms with Gasteiger partial charge in [-0.1, -0.05) is 0 Å². The summed E-state index contributed by atoms with van der Waals surface area (Å²) in [7, 11) is 0. The number of aromatic nitrogens is 4. The Hall–Kier alpha value is -3.07. The van der Waals surface area contributed by atoms with Gasteiger partial charge >= 0.3 is 0 Å². The minimum atomic E-state index is -0.401. The summed E-state index contributed by atoms with van der Waals surface area (Å²) in [5.74, 6) is -0.0465. The van der Waals surface area contributed by atoms with E-state index in [0.717, 1.165) is 18.4 Å². The van der Waals surface area contributed by atoms with E-state index < -0.39 is 5.82 Å². The first-order valence-corrected chi connectivity index (χ1v) is 9.63. The summed E-state index contributed by atoms with van der Waals surface area (Å²) >= 11 is 0. The van der Waals surface area contributed by atoms with Crippen molar-refractivity contribution < 1.29 is 14.3 Å². The summed E-state index contributed by atoms with van der Waals surface area (Å²) < 4.78 is 15.3. The first kappa shape index (κ1) is 19.3. The van der Waals surface area contributed by atoms with Crippen LogP contribution in [0.25, 0.3) is 5.65 Å². The lowest BCUT2D eigenvalue weighted by atomic mass is 10.1. The molecule has 29 heavy (non-hydrogen) atoms. The monoisotopic (exact) mass is 398 g/mol. The fraction of sp³-hybridized carbons (Fsp3) is 0.400. The van der Waals surface area contributed by atoms with Gasteiger partial charge in [-0.05, 0) is 44.4 Å². The van der Waals surface area contributed by atoms with Crippen LogP contribution in [0.15, 0.2) is 36.9 Å². The molecule has 2 unspecified atom stereocenters. The van der Waals surface area contributed by atoms with E-state index in [1.807, 2.05) is 18.7 Å². The van der Waals surface area contributed by atoms with Crippen LogP contribution in [0.4, 0.5) is 10.2 Å². The van der Waals surface area contributed by atoms with E-state index in [9.17, 15) is 14.3 Å². The number of halogens is 1. The fourth-order valence-corrected chi connectivity index (χ4v) is 3.85. The summed E-state index contributed by atoms with van der Waals surface area (Å²) in [6.45, 7) is 3.72. The third kappa shape index (κ3) is 3.65. The van der Waals surface area contributed by atoms with E-state index >= 15 is 0 Å². The number of rotatable bonds is 5. The zero-order valence-corrected chi connectivity index (χ0v) is 16.3. The lowest BCUT2D eigenvalue weighted by molar-refractivity contribution is 0.0944. The molecule has 1 fully saturated rings. The van der Waals surface area contributed by atoms with Crippen LogP contribution in [0.2, 0.25) is 0 Å². The molecule has 1 amide bonds. The van der Waals surface area contributed by atoms with Crippen LogP contribution >= 0.6 is 0 Å². The van der Waals surface area contributed by atoms with E-state index in [2.05, 4.69) is 20.4 Å². The highest BCUT2D eigenvalue weighted by Gasteiger charge is 2.35. The van der Waals surface area contributed by atoms with Crippen LogP contribution < -0.4 is 10.2 Å². The summed E-state index contributed by atoms with van der Waals surface area (Å²) in [4.78, 5) is 23.1. The molecule has 2 N–H and O–H groups in total. The summed E-state index contributed by atoms with van der Waals surface area (Å²) in [6.07, 6.45) is 7.51. The van der Waals surface area contributed by atoms with E-state index in [1.54, 1.807) is 23.0 Å². The number of carbonyl (C=O) groups excluding carboxylic acids is 1. The number of anilines is 1. The Kier molecular flexibility index (Phi) is 5.14. The number of aliphatic hydroxyl groups excluding tert-OH is 1. The SMILES string of the molecule is CC(C)NC(=O)c1cnn2ccc(N3C(CO)CCC3c3cncc(F)c3)nc12. The maximum atomic E-state index is 13.7. The summed E-state index contributed by atoms with van der Waals surface area (Å²) in [5, 5.41) is 17.0. The van der Waals surface area contributed by atoms with Gasteiger partial charge in [0.25, 0.3) is 5.91 Å². The van der Waals surface area contributed by atoms with Crippen molar-refractivity contribution in [3.63, 3.8) is 0 Å². The molecular formula is C20H23FN6O2. The van der Waals surface area contributed by atoms with Crippen LogP contribution in [0.5, 0.6) is 0 Å². The van der Waals surface area contributed by atoms with Crippen LogP contribution in [0.1, 0.15) is 48.7 Å². The molecule has 0 bridgehead atoms. The Morgan fingerprint density at radius 1 is 1.34 bits per heavy atom. The first-order valence-electron chi connectivity index (χ1n) is 9.63. The van der Waals surface area contributed by atoms with Crippen LogP contribution in [0, 0.1) is 5.82 Å². The van der Waals surface area contributed by atoms with E-state index in [4.69, 9.17) is 0 Å². The Morgan fingerprint density at radius 2 is 2.17 bits per heavy atom. The maximum absolute atomic E-state index is 13.7. The van der Waals surface area contributed by atoms with Gasteiger partial charge in [0, 0.05) is 18.4 Å². The second-order valence-corrected chi connectivity index (χ2v) is 7.51. The zero-order valence-electron chi connectivity index (χ0n) is 16.3. The molecule has 1 aliphatic rings. The molecule has 0 radical (unpaired) electrons. The molecule has 3 aromatic rings. The van der Waals surface area contributed by atoms with Crippen molar-refractivity contribution in [2.24, 2.45) is 0 Å². The van der Waals surface area contributed by atoms with E-state index in [1.165, 1.54) is 18.5 Å². The van der Waals surface area contributed by atoms with Crippen molar-refractivity contribution >= 4 is 17.4 Å². The normalized spacial score (nSPS) is 19.3. The Morgan fingerprint density at radius 3 is 2.90 bits per heavy atom. The highest BCUT2D eigenvalue weighted by molar-refractivity contribution is 5.99. The number of fused-ring (bicyclic) bond motifs is 1. The largest absolute Gasteiger partial charge is 0.394 e. The van der Waals surface area contributed by atoms with Crippen LogP contribution in [-0.4, -0.2) is 49.3 Å². The molecule has 0 saturated carbocycles. The maximum Gasteiger partial charge on any atom is 0.256 e.